The van der Waals surface area contributed by atoms with Crippen molar-refractivity contribution in [3.05, 3.63) is 36.1 Å². The molecule has 2 heterocycles. The van der Waals surface area contributed by atoms with Gasteiger partial charge in [0.25, 0.3) is 0 Å². The Morgan fingerprint density at radius 2 is 1.96 bits per heavy atom. The highest BCUT2D eigenvalue weighted by Gasteiger charge is 2.28. The minimum absolute atomic E-state index is 0.0290. The van der Waals surface area contributed by atoms with E-state index in [4.69, 9.17) is 9.26 Å². The maximum Gasteiger partial charge on any atom is 0.242 e. The first-order valence-corrected chi connectivity index (χ1v) is 8.98. The van der Waals surface area contributed by atoms with E-state index in [1.165, 1.54) is 5.69 Å². The van der Waals surface area contributed by atoms with Gasteiger partial charge in [-0.2, -0.15) is 0 Å². The number of nitrogens with zero attached hydrogens (tertiary/aromatic N) is 3. The van der Waals surface area contributed by atoms with Gasteiger partial charge in [0.15, 0.2) is 5.82 Å². The number of carbonyl (C=O) groups excluding carboxylic acids is 1. The number of hydrogen-bond acceptors (Lipinski definition) is 6. The maximum absolute atomic E-state index is 12.6. The zero-order valence-corrected chi connectivity index (χ0v) is 15.6. The molecule has 1 N–H and O–H groups in total. The van der Waals surface area contributed by atoms with Crippen molar-refractivity contribution < 1.29 is 14.1 Å². The van der Waals surface area contributed by atoms with Gasteiger partial charge in [-0.15, -0.1) is 0 Å². The fraction of sp³-hybridized carbons (Fsp3) is 0.474. The quantitative estimate of drug-likeness (QED) is 0.856. The number of benzene rings is 1. The smallest absolute Gasteiger partial charge is 0.242 e. The predicted molar refractivity (Wildman–Crippen MR) is 101 cm³/mol. The second kappa shape index (κ2) is 8.23. The normalized spacial score (nSPS) is 16.3. The molecule has 1 saturated heterocycles. The molecule has 1 aliphatic heterocycles. The second-order valence-electron chi connectivity index (χ2n) is 6.46. The van der Waals surface area contributed by atoms with Gasteiger partial charge in [-0.25, -0.2) is 0 Å². The van der Waals surface area contributed by atoms with E-state index in [1.54, 1.807) is 20.1 Å². The summed E-state index contributed by atoms with van der Waals surface area (Å²) in [5.74, 6) is 1.99. The number of aryl methyl sites for hydroxylation is 1. The van der Waals surface area contributed by atoms with E-state index in [1.807, 2.05) is 19.1 Å². The first kappa shape index (κ1) is 18.3. The molecule has 1 aromatic carbocycles. The Bertz CT molecular complexity index is 721. The molecule has 7 heteroatoms. The molecule has 2 aromatic rings. The molecule has 0 spiro atoms. The Morgan fingerprint density at radius 1 is 1.27 bits per heavy atom. The Balaban J connectivity index is 1.57. The fourth-order valence-electron chi connectivity index (χ4n) is 3.33. The number of amides is 1. The summed E-state index contributed by atoms with van der Waals surface area (Å²) in [6.45, 7) is 7.30. The van der Waals surface area contributed by atoms with Crippen LogP contribution in [0.5, 0.6) is 5.75 Å². The van der Waals surface area contributed by atoms with Gasteiger partial charge in [-0.05, 0) is 37.6 Å². The van der Waals surface area contributed by atoms with Gasteiger partial charge in [-0.3, -0.25) is 9.69 Å². The minimum Gasteiger partial charge on any atom is -0.497 e. The molecule has 1 aromatic heterocycles. The summed E-state index contributed by atoms with van der Waals surface area (Å²) < 4.78 is 10.2. The first-order chi connectivity index (χ1) is 12.6. The lowest BCUT2D eigenvalue weighted by atomic mass is 10.1. The van der Waals surface area contributed by atoms with E-state index >= 15 is 0 Å². The molecule has 0 radical (unpaired) electrons. The van der Waals surface area contributed by atoms with Crippen molar-refractivity contribution in [2.45, 2.75) is 26.3 Å². The summed E-state index contributed by atoms with van der Waals surface area (Å²) in [4.78, 5) is 17.2. The summed E-state index contributed by atoms with van der Waals surface area (Å²) in [7, 11) is 1.67. The van der Waals surface area contributed by atoms with Crippen molar-refractivity contribution in [2.24, 2.45) is 0 Å². The summed E-state index contributed by atoms with van der Waals surface area (Å²) in [6, 6.07) is 9.67. The van der Waals surface area contributed by atoms with Gasteiger partial charge in [-0.1, -0.05) is 12.1 Å². The molecule has 1 atom stereocenters. The summed E-state index contributed by atoms with van der Waals surface area (Å²) in [5, 5.41) is 6.69. The summed E-state index contributed by atoms with van der Waals surface area (Å²) in [6.07, 6.45) is 0.755. The average molecular weight is 358 g/mol. The van der Waals surface area contributed by atoms with Crippen molar-refractivity contribution in [3.63, 3.8) is 0 Å². The lowest BCUT2D eigenvalue weighted by Gasteiger charge is -2.39. The minimum atomic E-state index is -0.162. The third-order valence-electron chi connectivity index (χ3n) is 4.76. The molecular formula is C19H26N4O3. The molecule has 0 aliphatic carbocycles. The lowest BCUT2D eigenvalue weighted by molar-refractivity contribution is -0.121. The highest BCUT2D eigenvalue weighted by atomic mass is 16.5. The van der Waals surface area contributed by atoms with E-state index < -0.39 is 0 Å². The van der Waals surface area contributed by atoms with Crippen molar-refractivity contribution in [3.8, 4) is 5.75 Å². The third-order valence-corrected chi connectivity index (χ3v) is 4.76. The Kier molecular flexibility index (Phi) is 5.78. The molecule has 7 nitrogen and oxygen atoms in total. The molecule has 3 rings (SSSR count). The number of aromatic nitrogens is 1. The number of rotatable bonds is 6. The third kappa shape index (κ3) is 4.16. The molecule has 1 unspecified atom stereocenters. The fourth-order valence-corrected chi connectivity index (χ4v) is 3.33. The standard InChI is InChI=1S/C19H26N4O3/c1-4-17(19(24)20-18-13-14(2)26-21-18)23-11-9-22(10-12-23)15-5-7-16(25-3)8-6-15/h5-8,13,17H,4,9-12H2,1-3H3,(H,20,21,24). The number of hydrogen-bond donors (Lipinski definition) is 1. The van der Waals surface area contributed by atoms with Crippen molar-refractivity contribution >= 4 is 17.4 Å². The second-order valence-corrected chi connectivity index (χ2v) is 6.46. The highest BCUT2D eigenvalue weighted by molar-refractivity contribution is 5.94. The number of anilines is 2. The van der Waals surface area contributed by atoms with Gasteiger partial charge in [0.2, 0.25) is 5.91 Å². The number of piperazine rings is 1. The van der Waals surface area contributed by atoms with Crippen LogP contribution in [-0.2, 0) is 4.79 Å². The number of carbonyl (C=O) groups is 1. The van der Waals surface area contributed by atoms with E-state index in [0.717, 1.165) is 38.3 Å². The largest absolute Gasteiger partial charge is 0.497 e. The molecule has 0 saturated carbocycles. The summed E-state index contributed by atoms with van der Waals surface area (Å²) >= 11 is 0. The Morgan fingerprint density at radius 3 is 2.50 bits per heavy atom. The zero-order valence-electron chi connectivity index (χ0n) is 15.6. The van der Waals surface area contributed by atoms with E-state index in [9.17, 15) is 4.79 Å². The Labute approximate surface area is 153 Å². The Hall–Kier alpha value is -2.54. The van der Waals surface area contributed by atoms with E-state index in [-0.39, 0.29) is 11.9 Å². The molecular weight excluding hydrogens is 332 g/mol. The molecule has 0 bridgehead atoms. The van der Waals surface area contributed by atoms with E-state index in [2.05, 4.69) is 32.4 Å². The van der Waals surface area contributed by atoms with Gasteiger partial charge in [0.05, 0.1) is 13.2 Å². The van der Waals surface area contributed by atoms with Gasteiger partial charge in [0.1, 0.15) is 11.5 Å². The average Bonchev–Trinajstić information content (AvgIpc) is 3.07. The van der Waals surface area contributed by atoms with Crippen LogP contribution in [0.25, 0.3) is 0 Å². The topological polar surface area (TPSA) is 70.8 Å². The first-order valence-electron chi connectivity index (χ1n) is 8.98. The van der Waals surface area contributed by atoms with Crippen LogP contribution in [0, 0.1) is 6.92 Å². The highest BCUT2D eigenvalue weighted by Crippen LogP contribution is 2.21. The number of ether oxygens (including phenoxy) is 1. The van der Waals surface area contributed by atoms with Gasteiger partial charge in [0, 0.05) is 37.9 Å². The van der Waals surface area contributed by atoms with Crippen LogP contribution in [0.1, 0.15) is 19.1 Å². The molecule has 26 heavy (non-hydrogen) atoms. The summed E-state index contributed by atoms with van der Waals surface area (Å²) in [5.41, 5.74) is 1.18. The van der Waals surface area contributed by atoms with Crippen LogP contribution in [0.2, 0.25) is 0 Å². The lowest BCUT2D eigenvalue weighted by Crippen LogP contribution is -2.53. The van der Waals surface area contributed by atoms with Crippen LogP contribution in [0.15, 0.2) is 34.9 Å². The number of nitrogens with one attached hydrogen (secondary N) is 1. The molecule has 1 aliphatic rings. The van der Waals surface area contributed by atoms with E-state index in [0.29, 0.717) is 11.6 Å². The predicted octanol–water partition coefficient (Wildman–Crippen LogP) is 2.53. The zero-order chi connectivity index (χ0) is 18.5. The van der Waals surface area contributed by atoms with Crippen LogP contribution in [0.4, 0.5) is 11.5 Å². The molecule has 140 valence electrons. The van der Waals surface area contributed by atoms with Crippen LogP contribution < -0.4 is 15.0 Å². The molecule has 1 amide bonds. The SMILES string of the molecule is CCC(C(=O)Nc1cc(C)on1)N1CCN(c2ccc(OC)cc2)CC1. The number of methoxy groups -OCH3 is 1. The van der Waals surface area contributed by atoms with Gasteiger partial charge < -0.3 is 19.5 Å². The van der Waals surface area contributed by atoms with Crippen LogP contribution in [0.3, 0.4) is 0 Å². The van der Waals surface area contributed by atoms with Crippen molar-refractivity contribution in [1.29, 1.82) is 0 Å². The maximum atomic E-state index is 12.6. The van der Waals surface area contributed by atoms with Crippen LogP contribution in [-0.4, -0.2) is 55.3 Å². The van der Waals surface area contributed by atoms with Crippen molar-refractivity contribution in [1.82, 2.24) is 10.1 Å². The molecule has 1 fully saturated rings. The monoisotopic (exact) mass is 358 g/mol. The van der Waals surface area contributed by atoms with Gasteiger partial charge >= 0.3 is 0 Å². The van der Waals surface area contributed by atoms with Crippen molar-refractivity contribution in [2.75, 3.05) is 43.5 Å². The van der Waals surface area contributed by atoms with Crippen LogP contribution >= 0.6 is 0 Å².